The third-order valence-corrected chi connectivity index (χ3v) is 4.89. The number of carbonyl (C=O) groups is 1. The van der Waals surface area contributed by atoms with Crippen LogP contribution < -0.4 is 9.64 Å². The predicted molar refractivity (Wildman–Crippen MR) is 100 cm³/mol. The molecule has 0 spiro atoms. The van der Waals surface area contributed by atoms with Gasteiger partial charge in [0.25, 0.3) is 5.91 Å². The van der Waals surface area contributed by atoms with Crippen molar-refractivity contribution in [3.05, 3.63) is 95.3 Å². The smallest absolute Gasteiger partial charge is 0.268 e. The van der Waals surface area contributed by atoms with E-state index in [9.17, 15) is 14.3 Å². The number of carbonyl (C=O) groups excluding carboxylic acids is 1. The molecule has 136 valence electrons. The Morgan fingerprint density at radius 3 is 2.41 bits per heavy atom. The highest BCUT2D eigenvalue weighted by Gasteiger charge is 2.51. The molecule has 0 fully saturated rings. The molecule has 0 aliphatic carbocycles. The van der Waals surface area contributed by atoms with Crippen molar-refractivity contribution in [1.82, 2.24) is 0 Å². The number of hydrogen-bond acceptors (Lipinski definition) is 3. The molecular weight excluding hydrogens is 345 g/mol. The van der Waals surface area contributed by atoms with Crippen LogP contribution in [0.3, 0.4) is 0 Å². The summed E-state index contributed by atoms with van der Waals surface area (Å²) in [6.45, 7) is 0.261. The van der Waals surface area contributed by atoms with Gasteiger partial charge in [0, 0.05) is 5.56 Å². The zero-order valence-corrected chi connectivity index (χ0v) is 14.7. The molecule has 1 atom stereocenters. The van der Waals surface area contributed by atoms with Crippen LogP contribution in [0.4, 0.5) is 10.1 Å². The average Bonchev–Trinajstić information content (AvgIpc) is 2.91. The lowest BCUT2D eigenvalue weighted by Crippen LogP contribution is -2.40. The topological polar surface area (TPSA) is 49.8 Å². The summed E-state index contributed by atoms with van der Waals surface area (Å²) in [5.41, 5.74) is 0.136. The molecule has 1 amide bonds. The first-order valence-corrected chi connectivity index (χ1v) is 8.57. The van der Waals surface area contributed by atoms with Gasteiger partial charge in [-0.3, -0.25) is 4.79 Å². The van der Waals surface area contributed by atoms with Crippen LogP contribution in [0.1, 0.15) is 16.7 Å². The van der Waals surface area contributed by atoms with Gasteiger partial charge in [0.05, 0.1) is 19.3 Å². The van der Waals surface area contributed by atoms with Crippen LogP contribution in [0.25, 0.3) is 0 Å². The van der Waals surface area contributed by atoms with E-state index in [1.54, 1.807) is 37.4 Å². The number of hydrogen-bond donors (Lipinski definition) is 1. The number of rotatable bonds is 4. The number of anilines is 1. The van der Waals surface area contributed by atoms with Crippen molar-refractivity contribution < 1.29 is 19.0 Å². The zero-order chi connectivity index (χ0) is 19.0. The van der Waals surface area contributed by atoms with Gasteiger partial charge in [-0.2, -0.15) is 0 Å². The SMILES string of the molecule is COc1ccc(CN2C(=O)[C@@](O)(c3ccccc3)c3cc(F)ccc32)cc1. The summed E-state index contributed by atoms with van der Waals surface area (Å²) in [6, 6.07) is 20.0. The molecule has 0 unspecified atom stereocenters. The molecule has 4 rings (SSSR count). The van der Waals surface area contributed by atoms with Gasteiger partial charge in [0.15, 0.2) is 5.60 Å². The molecule has 4 nitrogen and oxygen atoms in total. The van der Waals surface area contributed by atoms with Crippen LogP contribution >= 0.6 is 0 Å². The highest BCUT2D eigenvalue weighted by Crippen LogP contribution is 2.45. The van der Waals surface area contributed by atoms with Crippen LogP contribution in [-0.2, 0) is 16.9 Å². The maximum atomic E-state index is 13.9. The molecule has 1 heterocycles. The fourth-order valence-corrected chi connectivity index (χ4v) is 3.48. The van der Waals surface area contributed by atoms with Crippen molar-refractivity contribution in [3.8, 4) is 5.75 Å². The third-order valence-electron chi connectivity index (χ3n) is 4.89. The van der Waals surface area contributed by atoms with E-state index in [1.807, 2.05) is 24.3 Å². The second kappa shape index (κ2) is 6.52. The molecular formula is C22H18FNO3. The molecule has 1 N–H and O–H groups in total. The minimum absolute atomic E-state index is 0.257. The Labute approximate surface area is 156 Å². The Kier molecular flexibility index (Phi) is 4.16. The number of methoxy groups -OCH3 is 1. The van der Waals surface area contributed by atoms with E-state index in [0.29, 0.717) is 11.3 Å². The Morgan fingerprint density at radius 1 is 1.04 bits per heavy atom. The van der Waals surface area contributed by atoms with Crippen molar-refractivity contribution in [2.45, 2.75) is 12.1 Å². The van der Waals surface area contributed by atoms with Crippen molar-refractivity contribution in [2.24, 2.45) is 0 Å². The normalized spacial score (nSPS) is 18.5. The van der Waals surface area contributed by atoms with E-state index in [0.717, 1.165) is 11.3 Å². The Bertz CT molecular complexity index is 988. The number of fused-ring (bicyclic) bond motifs is 1. The maximum Gasteiger partial charge on any atom is 0.268 e. The summed E-state index contributed by atoms with van der Waals surface area (Å²) in [6.07, 6.45) is 0. The van der Waals surface area contributed by atoms with E-state index in [-0.39, 0.29) is 12.1 Å². The maximum absolute atomic E-state index is 13.9. The fourth-order valence-electron chi connectivity index (χ4n) is 3.48. The van der Waals surface area contributed by atoms with E-state index in [2.05, 4.69) is 0 Å². The van der Waals surface area contributed by atoms with E-state index >= 15 is 0 Å². The zero-order valence-electron chi connectivity index (χ0n) is 14.7. The van der Waals surface area contributed by atoms with Crippen LogP contribution in [0.5, 0.6) is 5.75 Å². The highest BCUT2D eigenvalue weighted by atomic mass is 19.1. The summed E-state index contributed by atoms with van der Waals surface area (Å²) in [7, 11) is 1.59. The summed E-state index contributed by atoms with van der Waals surface area (Å²) in [5.74, 6) is -0.276. The quantitative estimate of drug-likeness (QED) is 0.770. The van der Waals surface area contributed by atoms with Crippen LogP contribution in [0, 0.1) is 5.82 Å². The summed E-state index contributed by atoms with van der Waals surface area (Å²) in [5, 5.41) is 11.4. The van der Waals surface area contributed by atoms with Gasteiger partial charge in [0.2, 0.25) is 0 Å². The molecule has 0 radical (unpaired) electrons. The molecule has 0 aromatic heterocycles. The Hall–Kier alpha value is -3.18. The number of nitrogens with zero attached hydrogens (tertiary/aromatic N) is 1. The molecule has 3 aromatic carbocycles. The highest BCUT2D eigenvalue weighted by molar-refractivity contribution is 6.09. The summed E-state index contributed by atoms with van der Waals surface area (Å²) >= 11 is 0. The average molecular weight is 363 g/mol. The lowest BCUT2D eigenvalue weighted by atomic mass is 9.87. The van der Waals surface area contributed by atoms with Gasteiger partial charge in [-0.05, 0) is 41.5 Å². The number of aliphatic hydroxyl groups is 1. The van der Waals surface area contributed by atoms with Gasteiger partial charge in [-0.1, -0.05) is 42.5 Å². The standard InChI is InChI=1S/C22H18FNO3/c1-27-18-10-7-15(8-11-18)14-24-20-12-9-17(23)13-19(20)22(26,21(24)25)16-5-3-2-4-6-16/h2-13,26H,14H2,1H3/t22-/m1/s1. The molecule has 1 aliphatic rings. The number of ether oxygens (including phenoxy) is 1. The van der Waals surface area contributed by atoms with E-state index in [4.69, 9.17) is 4.74 Å². The van der Waals surface area contributed by atoms with Gasteiger partial charge in [-0.25, -0.2) is 4.39 Å². The van der Waals surface area contributed by atoms with E-state index in [1.165, 1.54) is 23.1 Å². The molecule has 1 aliphatic heterocycles. The van der Waals surface area contributed by atoms with E-state index < -0.39 is 17.3 Å². The second-order valence-corrected chi connectivity index (χ2v) is 6.48. The predicted octanol–water partition coefficient (Wildman–Crippen LogP) is 3.62. The molecule has 27 heavy (non-hydrogen) atoms. The van der Waals surface area contributed by atoms with Gasteiger partial charge in [-0.15, -0.1) is 0 Å². The summed E-state index contributed by atoms with van der Waals surface area (Å²) < 4.78 is 19.1. The number of amides is 1. The number of halogens is 1. The van der Waals surface area contributed by atoms with Gasteiger partial charge >= 0.3 is 0 Å². The number of benzene rings is 3. The third kappa shape index (κ3) is 2.76. The fraction of sp³-hybridized carbons (Fsp3) is 0.136. The molecule has 0 bridgehead atoms. The first-order valence-electron chi connectivity index (χ1n) is 8.57. The lowest BCUT2D eigenvalue weighted by molar-refractivity contribution is -0.132. The molecule has 5 heteroatoms. The lowest BCUT2D eigenvalue weighted by Gasteiger charge is -2.23. The van der Waals surface area contributed by atoms with Crippen molar-refractivity contribution in [1.29, 1.82) is 0 Å². The first-order chi connectivity index (χ1) is 13.0. The first kappa shape index (κ1) is 17.2. The van der Waals surface area contributed by atoms with Gasteiger partial charge in [0.1, 0.15) is 11.6 Å². The van der Waals surface area contributed by atoms with Crippen LogP contribution in [0.2, 0.25) is 0 Å². The van der Waals surface area contributed by atoms with Crippen LogP contribution in [0.15, 0.2) is 72.8 Å². The second-order valence-electron chi connectivity index (χ2n) is 6.48. The monoisotopic (exact) mass is 363 g/mol. The molecule has 0 saturated carbocycles. The van der Waals surface area contributed by atoms with Crippen molar-refractivity contribution in [2.75, 3.05) is 12.0 Å². The molecule has 0 saturated heterocycles. The van der Waals surface area contributed by atoms with Crippen LogP contribution in [-0.4, -0.2) is 18.1 Å². The molecule has 3 aromatic rings. The Morgan fingerprint density at radius 2 is 1.74 bits per heavy atom. The van der Waals surface area contributed by atoms with Crippen molar-refractivity contribution >= 4 is 11.6 Å². The van der Waals surface area contributed by atoms with Crippen molar-refractivity contribution in [3.63, 3.8) is 0 Å². The minimum Gasteiger partial charge on any atom is -0.497 e. The minimum atomic E-state index is -1.91. The summed E-state index contributed by atoms with van der Waals surface area (Å²) in [4.78, 5) is 14.7. The van der Waals surface area contributed by atoms with Gasteiger partial charge < -0.3 is 14.7 Å². The largest absolute Gasteiger partial charge is 0.497 e. The Balaban J connectivity index is 1.79.